The Labute approximate surface area is 194 Å². The van der Waals surface area contributed by atoms with Gasteiger partial charge in [0.05, 0.1) is 16.9 Å². The minimum absolute atomic E-state index is 0.0850. The van der Waals surface area contributed by atoms with Crippen molar-refractivity contribution in [3.05, 3.63) is 54.1 Å². The summed E-state index contributed by atoms with van der Waals surface area (Å²) in [5.41, 5.74) is 2.46. The van der Waals surface area contributed by atoms with Crippen molar-refractivity contribution in [1.29, 1.82) is 0 Å². The lowest BCUT2D eigenvalue weighted by molar-refractivity contribution is -0.122. The van der Waals surface area contributed by atoms with E-state index < -0.39 is 15.9 Å². The number of hydrogen-bond donors (Lipinski definition) is 2. The largest absolute Gasteiger partial charge is 0.377 e. The molecular weight excluding hydrogens is 442 g/mol. The Morgan fingerprint density at radius 1 is 1.12 bits per heavy atom. The molecule has 2 aliphatic rings. The van der Waals surface area contributed by atoms with E-state index in [1.165, 1.54) is 17.7 Å². The van der Waals surface area contributed by atoms with Gasteiger partial charge in [-0.15, -0.1) is 0 Å². The fourth-order valence-corrected chi connectivity index (χ4v) is 5.16. The molecule has 176 valence electrons. The highest BCUT2D eigenvalue weighted by Gasteiger charge is 2.35. The summed E-state index contributed by atoms with van der Waals surface area (Å²) >= 11 is 0. The lowest BCUT2D eigenvalue weighted by atomic mass is 10.1. The number of nitrogens with one attached hydrogen (secondary N) is 2. The summed E-state index contributed by atoms with van der Waals surface area (Å²) in [5.74, 6) is -0.818. The second-order valence-corrected chi connectivity index (χ2v) is 10.2. The van der Waals surface area contributed by atoms with Gasteiger partial charge in [0.2, 0.25) is 21.8 Å². The van der Waals surface area contributed by atoms with Crippen molar-refractivity contribution < 1.29 is 22.7 Å². The molecule has 0 aromatic heterocycles. The number of anilines is 2. The standard InChI is InChI=1S/C24H29N3O5S/c1-2-17-5-9-20(10-6-17)27-16-18(14-23(27)28)24(29)26-19-7-11-22(12-8-19)33(30,31)25-15-21-4-3-13-32-21/h5-12,18,21,25H,2-4,13-16H2,1H3,(H,26,29)/t18-,21+/m1/s1. The van der Waals surface area contributed by atoms with Crippen molar-refractivity contribution in [3.8, 4) is 0 Å². The van der Waals surface area contributed by atoms with Gasteiger partial charge in [0.1, 0.15) is 0 Å². The van der Waals surface area contributed by atoms with E-state index in [4.69, 9.17) is 4.74 Å². The number of ether oxygens (including phenoxy) is 1. The fourth-order valence-electron chi connectivity index (χ4n) is 4.10. The molecule has 9 heteroatoms. The van der Waals surface area contributed by atoms with Crippen molar-refractivity contribution in [2.45, 2.75) is 43.6 Å². The van der Waals surface area contributed by atoms with Gasteiger partial charge in [-0.2, -0.15) is 0 Å². The van der Waals surface area contributed by atoms with Gasteiger partial charge in [-0.25, -0.2) is 13.1 Å². The van der Waals surface area contributed by atoms with Crippen molar-refractivity contribution >= 4 is 33.2 Å². The van der Waals surface area contributed by atoms with Crippen LogP contribution >= 0.6 is 0 Å². The summed E-state index contributed by atoms with van der Waals surface area (Å²) in [7, 11) is -3.65. The zero-order valence-electron chi connectivity index (χ0n) is 18.6. The summed E-state index contributed by atoms with van der Waals surface area (Å²) in [6.07, 6.45) is 2.76. The third-order valence-electron chi connectivity index (χ3n) is 6.11. The predicted molar refractivity (Wildman–Crippen MR) is 126 cm³/mol. The highest BCUT2D eigenvalue weighted by Crippen LogP contribution is 2.27. The van der Waals surface area contributed by atoms with E-state index in [0.717, 1.165) is 24.9 Å². The van der Waals surface area contributed by atoms with E-state index in [9.17, 15) is 18.0 Å². The molecule has 2 aromatic rings. The maximum atomic E-state index is 12.7. The first-order valence-corrected chi connectivity index (χ1v) is 12.8. The number of carbonyl (C=O) groups is 2. The van der Waals surface area contributed by atoms with E-state index in [-0.39, 0.29) is 35.8 Å². The maximum Gasteiger partial charge on any atom is 0.240 e. The van der Waals surface area contributed by atoms with Crippen LogP contribution in [0.3, 0.4) is 0 Å². The van der Waals surface area contributed by atoms with Gasteiger partial charge in [0.25, 0.3) is 0 Å². The van der Waals surface area contributed by atoms with E-state index in [1.54, 1.807) is 17.0 Å². The second-order valence-electron chi connectivity index (χ2n) is 8.43. The zero-order chi connectivity index (χ0) is 23.4. The summed E-state index contributed by atoms with van der Waals surface area (Å²) in [6.45, 7) is 3.29. The first kappa shape index (κ1) is 23.4. The van der Waals surface area contributed by atoms with Crippen molar-refractivity contribution in [1.82, 2.24) is 4.72 Å². The molecule has 0 saturated carbocycles. The highest BCUT2D eigenvalue weighted by molar-refractivity contribution is 7.89. The van der Waals surface area contributed by atoms with E-state index in [1.807, 2.05) is 24.3 Å². The van der Waals surface area contributed by atoms with Crippen molar-refractivity contribution in [2.75, 3.05) is 29.9 Å². The molecule has 0 aliphatic carbocycles. The average molecular weight is 472 g/mol. The Bertz CT molecular complexity index is 1090. The number of rotatable bonds is 8. The fraction of sp³-hybridized carbons (Fsp3) is 0.417. The van der Waals surface area contributed by atoms with Crippen LogP contribution in [0.1, 0.15) is 31.7 Å². The highest BCUT2D eigenvalue weighted by atomic mass is 32.2. The van der Waals surface area contributed by atoms with Crippen LogP contribution in [0.5, 0.6) is 0 Å². The molecule has 0 bridgehead atoms. The Hall–Kier alpha value is -2.75. The molecule has 2 fully saturated rings. The van der Waals surface area contributed by atoms with Crippen LogP contribution in [0.25, 0.3) is 0 Å². The number of carbonyl (C=O) groups excluding carboxylic acids is 2. The number of amides is 2. The quantitative estimate of drug-likeness (QED) is 0.616. The van der Waals surface area contributed by atoms with E-state index in [2.05, 4.69) is 17.0 Å². The van der Waals surface area contributed by atoms with Crippen LogP contribution < -0.4 is 14.9 Å². The Kier molecular flexibility index (Phi) is 7.11. The molecule has 2 saturated heterocycles. The minimum atomic E-state index is -3.65. The Balaban J connectivity index is 1.34. The van der Waals surface area contributed by atoms with Crippen LogP contribution in [-0.2, 0) is 30.8 Å². The van der Waals surface area contributed by atoms with Crippen LogP contribution in [0.15, 0.2) is 53.4 Å². The summed E-state index contributed by atoms with van der Waals surface area (Å²) < 4.78 is 33.0. The average Bonchev–Trinajstić information content (AvgIpc) is 3.48. The monoisotopic (exact) mass is 471 g/mol. The van der Waals surface area contributed by atoms with Crippen LogP contribution in [-0.4, -0.2) is 46.0 Å². The number of sulfonamides is 1. The molecule has 2 N–H and O–H groups in total. The summed E-state index contributed by atoms with van der Waals surface area (Å²) in [5, 5.41) is 2.80. The molecule has 0 unspecified atom stereocenters. The molecule has 4 rings (SSSR count). The molecule has 8 nitrogen and oxygen atoms in total. The van der Waals surface area contributed by atoms with Gasteiger partial charge in [-0.1, -0.05) is 19.1 Å². The first-order chi connectivity index (χ1) is 15.9. The molecular formula is C24H29N3O5S. The molecule has 0 radical (unpaired) electrons. The molecule has 2 atom stereocenters. The molecule has 2 aliphatic heterocycles. The Morgan fingerprint density at radius 3 is 2.48 bits per heavy atom. The van der Waals surface area contributed by atoms with Gasteiger partial charge < -0.3 is 15.0 Å². The number of hydrogen-bond acceptors (Lipinski definition) is 5. The first-order valence-electron chi connectivity index (χ1n) is 11.3. The lowest BCUT2D eigenvalue weighted by Gasteiger charge is -2.17. The topological polar surface area (TPSA) is 105 Å². The maximum absolute atomic E-state index is 12.7. The molecule has 2 aromatic carbocycles. The van der Waals surface area contributed by atoms with Crippen LogP contribution in [0, 0.1) is 5.92 Å². The number of benzene rings is 2. The Morgan fingerprint density at radius 2 is 1.85 bits per heavy atom. The van der Waals surface area contributed by atoms with Crippen LogP contribution in [0.4, 0.5) is 11.4 Å². The molecule has 2 heterocycles. The van der Waals surface area contributed by atoms with Crippen molar-refractivity contribution in [2.24, 2.45) is 5.92 Å². The minimum Gasteiger partial charge on any atom is -0.377 e. The number of nitrogens with zero attached hydrogens (tertiary/aromatic N) is 1. The van der Waals surface area contributed by atoms with E-state index >= 15 is 0 Å². The van der Waals surface area contributed by atoms with Gasteiger partial charge in [-0.3, -0.25) is 9.59 Å². The summed E-state index contributed by atoms with van der Waals surface area (Å²) in [6, 6.07) is 13.8. The van der Waals surface area contributed by atoms with Gasteiger partial charge in [0.15, 0.2) is 0 Å². The van der Waals surface area contributed by atoms with Crippen molar-refractivity contribution in [3.63, 3.8) is 0 Å². The predicted octanol–water partition coefficient (Wildman–Crippen LogP) is 2.70. The smallest absolute Gasteiger partial charge is 0.240 e. The second kappa shape index (κ2) is 10.0. The van der Waals surface area contributed by atoms with Gasteiger partial charge in [-0.05, 0) is 61.2 Å². The number of aryl methyl sites for hydroxylation is 1. The molecule has 2 amide bonds. The molecule has 33 heavy (non-hydrogen) atoms. The van der Waals surface area contributed by atoms with Crippen LogP contribution in [0.2, 0.25) is 0 Å². The third kappa shape index (κ3) is 5.61. The normalized spacial score (nSPS) is 20.9. The zero-order valence-corrected chi connectivity index (χ0v) is 19.4. The van der Waals surface area contributed by atoms with Gasteiger partial charge in [0, 0.05) is 37.5 Å². The molecule has 0 spiro atoms. The van der Waals surface area contributed by atoms with Gasteiger partial charge >= 0.3 is 0 Å². The third-order valence-corrected chi connectivity index (χ3v) is 7.55. The van der Waals surface area contributed by atoms with E-state index in [0.29, 0.717) is 18.8 Å². The SMILES string of the molecule is CCc1ccc(N2C[C@H](C(=O)Nc3ccc(S(=O)(=O)NC[C@@H]4CCCO4)cc3)CC2=O)cc1. The lowest BCUT2D eigenvalue weighted by Crippen LogP contribution is -2.31. The summed E-state index contributed by atoms with van der Waals surface area (Å²) in [4.78, 5) is 27.0.